The van der Waals surface area contributed by atoms with Crippen LogP contribution in [0.2, 0.25) is 0 Å². The van der Waals surface area contributed by atoms with Crippen LogP contribution in [0.4, 0.5) is 0 Å². The summed E-state index contributed by atoms with van der Waals surface area (Å²) in [7, 11) is 0. The largest absolute Gasteiger partial charge is 0.353 e. The van der Waals surface area contributed by atoms with Crippen molar-refractivity contribution in [3.63, 3.8) is 0 Å². The van der Waals surface area contributed by atoms with Gasteiger partial charge in [0.15, 0.2) is 0 Å². The summed E-state index contributed by atoms with van der Waals surface area (Å²) >= 11 is 1.98. The maximum Gasteiger partial charge on any atom is 0.237 e. The van der Waals surface area contributed by atoms with Crippen molar-refractivity contribution in [3.05, 3.63) is 0 Å². The first-order chi connectivity index (χ1) is 6.99. The summed E-state index contributed by atoms with van der Waals surface area (Å²) in [4.78, 5) is 11.6. The molecule has 1 fully saturated rings. The Bertz CT molecular complexity index is 221. The molecule has 2 N–H and O–H groups in total. The molecule has 1 amide bonds. The molecule has 0 aromatic heterocycles. The number of nitrogens with one attached hydrogen (secondary N) is 2. The van der Waals surface area contributed by atoms with E-state index in [1.165, 1.54) is 6.42 Å². The molecule has 1 heterocycles. The van der Waals surface area contributed by atoms with E-state index in [1.54, 1.807) is 0 Å². The predicted molar refractivity (Wildman–Crippen MR) is 66.2 cm³/mol. The van der Waals surface area contributed by atoms with E-state index >= 15 is 0 Å². The lowest BCUT2D eigenvalue weighted by atomic mass is 10.1. The quantitative estimate of drug-likeness (QED) is 0.767. The van der Waals surface area contributed by atoms with E-state index < -0.39 is 0 Å². The normalized spacial score (nSPS) is 28.1. The monoisotopic (exact) mass is 230 g/mol. The molecule has 0 spiro atoms. The van der Waals surface area contributed by atoms with Crippen molar-refractivity contribution in [3.8, 4) is 0 Å². The van der Waals surface area contributed by atoms with Crippen molar-refractivity contribution in [2.75, 3.05) is 5.75 Å². The molecule has 0 aromatic rings. The molecular weight excluding hydrogens is 208 g/mol. The first-order valence-electron chi connectivity index (χ1n) is 5.67. The van der Waals surface area contributed by atoms with Crippen LogP contribution in [0.3, 0.4) is 0 Å². The molecule has 1 saturated heterocycles. The number of carbonyl (C=O) groups excluding carboxylic acids is 1. The van der Waals surface area contributed by atoms with Gasteiger partial charge in [-0.15, -0.1) is 0 Å². The Morgan fingerprint density at radius 1 is 1.40 bits per heavy atom. The minimum Gasteiger partial charge on any atom is -0.353 e. The third kappa shape index (κ3) is 4.43. The summed E-state index contributed by atoms with van der Waals surface area (Å²) in [6.45, 7) is 8.15. The topological polar surface area (TPSA) is 41.1 Å². The van der Waals surface area contributed by atoms with Gasteiger partial charge in [0.2, 0.25) is 5.91 Å². The SMILES string of the molecule is CC(C)NC(=O)C(C)NC1CSC(C)C1. The molecule has 1 aliphatic heterocycles. The molecule has 1 aliphatic rings. The maximum absolute atomic E-state index is 11.6. The Kier molecular flexibility index (Phi) is 4.93. The van der Waals surface area contributed by atoms with Gasteiger partial charge >= 0.3 is 0 Å². The van der Waals surface area contributed by atoms with Gasteiger partial charge in [-0.3, -0.25) is 4.79 Å². The molecule has 3 unspecified atom stereocenters. The number of amides is 1. The van der Waals surface area contributed by atoms with Crippen LogP contribution in [0.25, 0.3) is 0 Å². The van der Waals surface area contributed by atoms with Gasteiger partial charge in [-0.05, 0) is 27.2 Å². The summed E-state index contributed by atoms with van der Waals surface area (Å²) in [5, 5.41) is 7.03. The third-order valence-electron chi connectivity index (χ3n) is 2.51. The van der Waals surface area contributed by atoms with E-state index in [0.29, 0.717) is 6.04 Å². The first kappa shape index (κ1) is 12.8. The van der Waals surface area contributed by atoms with E-state index in [1.807, 2.05) is 32.5 Å². The standard InChI is InChI=1S/C11H22N2OS/c1-7(2)12-11(14)9(4)13-10-5-8(3)15-6-10/h7-10,13H,5-6H2,1-4H3,(H,12,14). The summed E-state index contributed by atoms with van der Waals surface area (Å²) in [6.07, 6.45) is 1.17. The van der Waals surface area contributed by atoms with Crippen LogP contribution in [-0.2, 0) is 4.79 Å². The van der Waals surface area contributed by atoms with E-state index in [9.17, 15) is 4.79 Å². The average molecular weight is 230 g/mol. The molecule has 0 aliphatic carbocycles. The summed E-state index contributed by atoms with van der Waals surface area (Å²) in [6, 6.07) is 0.639. The van der Waals surface area contributed by atoms with Crippen LogP contribution < -0.4 is 10.6 Å². The molecule has 0 radical (unpaired) electrons. The smallest absolute Gasteiger partial charge is 0.237 e. The van der Waals surface area contributed by atoms with Crippen molar-refractivity contribution < 1.29 is 4.79 Å². The fraction of sp³-hybridized carbons (Fsp3) is 0.909. The van der Waals surface area contributed by atoms with Crippen LogP contribution >= 0.6 is 11.8 Å². The molecule has 88 valence electrons. The van der Waals surface area contributed by atoms with Gasteiger partial charge in [0.1, 0.15) is 0 Å². The van der Waals surface area contributed by atoms with E-state index in [0.717, 1.165) is 11.0 Å². The number of carbonyl (C=O) groups is 1. The zero-order chi connectivity index (χ0) is 11.4. The first-order valence-corrected chi connectivity index (χ1v) is 6.72. The summed E-state index contributed by atoms with van der Waals surface area (Å²) < 4.78 is 0. The fourth-order valence-electron chi connectivity index (χ4n) is 1.77. The lowest BCUT2D eigenvalue weighted by molar-refractivity contribution is -0.123. The molecule has 15 heavy (non-hydrogen) atoms. The highest BCUT2D eigenvalue weighted by molar-refractivity contribution is 8.00. The van der Waals surface area contributed by atoms with Crippen LogP contribution in [0.1, 0.15) is 34.1 Å². The molecule has 0 bridgehead atoms. The maximum atomic E-state index is 11.6. The van der Waals surface area contributed by atoms with Crippen LogP contribution in [0.5, 0.6) is 0 Å². The van der Waals surface area contributed by atoms with Crippen molar-refractivity contribution >= 4 is 17.7 Å². The Hall–Kier alpha value is -0.220. The lowest BCUT2D eigenvalue weighted by Gasteiger charge is -2.19. The molecule has 0 saturated carbocycles. The number of hydrogen-bond acceptors (Lipinski definition) is 3. The van der Waals surface area contributed by atoms with Crippen LogP contribution in [-0.4, -0.2) is 35.0 Å². The Labute approximate surface area is 96.8 Å². The van der Waals surface area contributed by atoms with Crippen LogP contribution in [0.15, 0.2) is 0 Å². The molecule has 3 nitrogen and oxygen atoms in total. The second kappa shape index (κ2) is 5.75. The predicted octanol–water partition coefficient (Wildman–Crippen LogP) is 1.38. The van der Waals surface area contributed by atoms with E-state index in [2.05, 4.69) is 17.6 Å². The third-order valence-corrected chi connectivity index (χ3v) is 3.86. The summed E-state index contributed by atoms with van der Waals surface area (Å²) in [5.41, 5.74) is 0. The Morgan fingerprint density at radius 2 is 2.07 bits per heavy atom. The van der Waals surface area contributed by atoms with E-state index in [4.69, 9.17) is 0 Å². The second-order valence-electron chi connectivity index (χ2n) is 4.63. The van der Waals surface area contributed by atoms with Gasteiger partial charge in [-0.1, -0.05) is 6.92 Å². The fourth-order valence-corrected chi connectivity index (χ4v) is 2.93. The molecule has 4 heteroatoms. The Morgan fingerprint density at radius 3 is 2.53 bits per heavy atom. The zero-order valence-electron chi connectivity index (χ0n) is 10.0. The van der Waals surface area contributed by atoms with Gasteiger partial charge in [0.25, 0.3) is 0 Å². The minimum absolute atomic E-state index is 0.0803. The van der Waals surface area contributed by atoms with Gasteiger partial charge in [-0.25, -0.2) is 0 Å². The van der Waals surface area contributed by atoms with Gasteiger partial charge < -0.3 is 10.6 Å². The van der Waals surface area contributed by atoms with E-state index in [-0.39, 0.29) is 18.0 Å². The minimum atomic E-state index is -0.0803. The number of rotatable bonds is 4. The highest BCUT2D eigenvalue weighted by Gasteiger charge is 2.25. The molecular formula is C11H22N2OS. The van der Waals surface area contributed by atoms with Gasteiger partial charge in [0.05, 0.1) is 6.04 Å². The second-order valence-corrected chi connectivity index (χ2v) is 6.10. The number of hydrogen-bond donors (Lipinski definition) is 2. The Balaban J connectivity index is 2.28. The van der Waals surface area contributed by atoms with Crippen LogP contribution in [0, 0.1) is 0 Å². The van der Waals surface area contributed by atoms with Gasteiger partial charge in [0, 0.05) is 23.1 Å². The van der Waals surface area contributed by atoms with Crippen molar-refractivity contribution in [1.82, 2.24) is 10.6 Å². The molecule has 1 rings (SSSR count). The van der Waals surface area contributed by atoms with Crippen molar-refractivity contribution in [2.45, 2.75) is 57.5 Å². The number of thioether (sulfide) groups is 1. The lowest BCUT2D eigenvalue weighted by Crippen LogP contribution is -2.48. The van der Waals surface area contributed by atoms with Gasteiger partial charge in [-0.2, -0.15) is 11.8 Å². The van der Waals surface area contributed by atoms with Crippen molar-refractivity contribution in [1.29, 1.82) is 0 Å². The van der Waals surface area contributed by atoms with Crippen molar-refractivity contribution in [2.24, 2.45) is 0 Å². The molecule has 0 aromatic carbocycles. The highest BCUT2D eigenvalue weighted by atomic mass is 32.2. The zero-order valence-corrected chi connectivity index (χ0v) is 10.9. The average Bonchev–Trinajstić information content (AvgIpc) is 2.50. The highest BCUT2D eigenvalue weighted by Crippen LogP contribution is 2.26. The molecule has 3 atom stereocenters. The summed E-state index contributed by atoms with van der Waals surface area (Å²) in [5.74, 6) is 1.23.